The largest absolute Gasteiger partial charge is 0.473 e. The average Bonchev–Trinajstić information content (AvgIpc) is 3.13. The summed E-state index contributed by atoms with van der Waals surface area (Å²) < 4.78 is 5.99. The molecule has 0 N–H and O–H groups in total. The van der Waals surface area contributed by atoms with Crippen molar-refractivity contribution in [1.29, 1.82) is 0 Å². The van der Waals surface area contributed by atoms with E-state index < -0.39 is 0 Å². The highest BCUT2D eigenvalue weighted by Crippen LogP contribution is 2.26. The summed E-state index contributed by atoms with van der Waals surface area (Å²) in [7, 11) is 0. The van der Waals surface area contributed by atoms with Crippen LogP contribution < -0.4 is 4.74 Å². The lowest BCUT2D eigenvalue weighted by Crippen LogP contribution is -2.26. The zero-order valence-electron chi connectivity index (χ0n) is 16.8. The van der Waals surface area contributed by atoms with E-state index in [1.807, 2.05) is 18.3 Å². The first-order valence-electron chi connectivity index (χ1n) is 10.2. The van der Waals surface area contributed by atoms with Gasteiger partial charge in [0.2, 0.25) is 5.88 Å². The summed E-state index contributed by atoms with van der Waals surface area (Å²) in [5, 5.41) is 0. The Morgan fingerprint density at radius 1 is 1.04 bits per heavy atom. The summed E-state index contributed by atoms with van der Waals surface area (Å²) in [6.45, 7) is 7.17. The number of benzene rings is 2. The SMILES string of the molecule is Cc1c(COc2ccc(CN3CCCC3C)cn2)cccc1-c1ccccc1. The molecule has 1 aromatic heterocycles. The van der Waals surface area contributed by atoms with Crippen molar-refractivity contribution in [3.05, 3.63) is 83.6 Å². The van der Waals surface area contributed by atoms with E-state index in [4.69, 9.17) is 4.74 Å². The molecule has 1 aliphatic rings. The fraction of sp³-hybridized carbons (Fsp3) is 0.320. The third kappa shape index (κ3) is 4.26. The molecule has 3 nitrogen and oxygen atoms in total. The maximum absolute atomic E-state index is 5.99. The van der Waals surface area contributed by atoms with Crippen molar-refractivity contribution in [2.45, 2.75) is 45.9 Å². The molecule has 0 radical (unpaired) electrons. The molecule has 1 unspecified atom stereocenters. The molecule has 0 amide bonds. The molecule has 1 saturated heterocycles. The highest BCUT2D eigenvalue weighted by Gasteiger charge is 2.20. The van der Waals surface area contributed by atoms with Crippen LogP contribution in [0.3, 0.4) is 0 Å². The summed E-state index contributed by atoms with van der Waals surface area (Å²) in [6, 6.07) is 21.7. The maximum Gasteiger partial charge on any atom is 0.213 e. The first-order valence-corrected chi connectivity index (χ1v) is 10.2. The number of aromatic nitrogens is 1. The summed E-state index contributed by atoms with van der Waals surface area (Å²) in [4.78, 5) is 7.05. The van der Waals surface area contributed by atoms with E-state index in [0.29, 0.717) is 18.5 Å². The molecular formula is C25H28N2O. The topological polar surface area (TPSA) is 25.4 Å². The van der Waals surface area contributed by atoms with Crippen LogP contribution in [-0.2, 0) is 13.2 Å². The van der Waals surface area contributed by atoms with Crippen molar-refractivity contribution < 1.29 is 4.74 Å². The Bertz CT molecular complexity index is 906. The fourth-order valence-electron chi connectivity index (χ4n) is 3.97. The van der Waals surface area contributed by atoms with Crippen molar-refractivity contribution in [3.8, 4) is 17.0 Å². The second kappa shape index (κ2) is 8.57. The predicted molar refractivity (Wildman–Crippen MR) is 114 cm³/mol. The zero-order valence-corrected chi connectivity index (χ0v) is 16.8. The van der Waals surface area contributed by atoms with Gasteiger partial charge in [-0.3, -0.25) is 4.90 Å². The van der Waals surface area contributed by atoms with Crippen molar-refractivity contribution in [3.63, 3.8) is 0 Å². The van der Waals surface area contributed by atoms with E-state index in [1.54, 1.807) is 0 Å². The van der Waals surface area contributed by atoms with Crippen LogP contribution >= 0.6 is 0 Å². The van der Waals surface area contributed by atoms with E-state index in [-0.39, 0.29) is 0 Å². The van der Waals surface area contributed by atoms with Gasteiger partial charge in [0.1, 0.15) is 6.61 Å². The van der Waals surface area contributed by atoms with Crippen molar-refractivity contribution in [2.75, 3.05) is 6.54 Å². The monoisotopic (exact) mass is 372 g/mol. The van der Waals surface area contributed by atoms with E-state index >= 15 is 0 Å². The first kappa shape index (κ1) is 18.7. The van der Waals surface area contributed by atoms with Crippen LogP contribution in [0, 0.1) is 6.92 Å². The number of pyridine rings is 1. The number of ether oxygens (including phenoxy) is 1. The number of likely N-dealkylation sites (tertiary alicyclic amines) is 1. The van der Waals surface area contributed by atoms with Crippen LogP contribution in [0.2, 0.25) is 0 Å². The van der Waals surface area contributed by atoms with E-state index in [2.05, 4.69) is 72.3 Å². The molecule has 3 aromatic rings. The zero-order chi connectivity index (χ0) is 19.3. The molecule has 1 aliphatic heterocycles. The van der Waals surface area contributed by atoms with Gasteiger partial charge in [-0.15, -0.1) is 0 Å². The average molecular weight is 373 g/mol. The van der Waals surface area contributed by atoms with Gasteiger partial charge in [-0.05, 0) is 61.1 Å². The van der Waals surface area contributed by atoms with Crippen molar-refractivity contribution in [2.24, 2.45) is 0 Å². The lowest BCUT2D eigenvalue weighted by molar-refractivity contribution is 0.259. The van der Waals surface area contributed by atoms with Gasteiger partial charge >= 0.3 is 0 Å². The highest BCUT2D eigenvalue weighted by atomic mass is 16.5. The van der Waals surface area contributed by atoms with Gasteiger partial charge < -0.3 is 4.74 Å². The first-order chi connectivity index (χ1) is 13.7. The van der Waals surface area contributed by atoms with Crippen molar-refractivity contribution in [1.82, 2.24) is 9.88 Å². The summed E-state index contributed by atoms with van der Waals surface area (Å²) in [5.74, 6) is 0.683. The molecule has 0 saturated carbocycles. The van der Waals surface area contributed by atoms with Gasteiger partial charge in [0.05, 0.1) is 0 Å². The molecule has 2 heterocycles. The van der Waals surface area contributed by atoms with Crippen LogP contribution in [0.25, 0.3) is 11.1 Å². The second-order valence-corrected chi connectivity index (χ2v) is 7.71. The summed E-state index contributed by atoms with van der Waals surface area (Å²) in [5.41, 5.74) is 6.19. The van der Waals surface area contributed by atoms with Crippen LogP contribution in [0.5, 0.6) is 5.88 Å². The normalized spacial score (nSPS) is 17.0. The third-order valence-electron chi connectivity index (χ3n) is 5.78. The smallest absolute Gasteiger partial charge is 0.213 e. The van der Waals surface area contributed by atoms with Crippen molar-refractivity contribution >= 4 is 0 Å². The Balaban J connectivity index is 1.41. The number of hydrogen-bond donors (Lipinski definition) is 0. The van der Waals surface area contributed by atoms with Gasteiger partial charge in [-0.25, -0.2) is 4.98 Å². The third-order valence-corrected chi connectivity index (χ3v) is 5.78. The second-order valence-electron chi connectivity index (χ2n) is 7.71. The minimum atomic E-state index is 0.530. The molecule has 0 aliphatic carbocycles. The number of nitrogens with zero attached hydrogens (tertiary/aromatic N) is 2. The molecule has 144 valence electrons. The Kier molecular flexibility index (Phi) is 5.73. The summed E-state index contributed by atoms with van der Waals surface area (Å²) in [6.07, 6.45) is 4.56. The van der Waals surface area contributed by atoms with Crippen LogP contribution in [-0.4, -0.2) is 22.5 Å². The van der Waals surface area contributed by atoms with Gasteiger partial charge in [0, 0.05) is 24.8 Å². The quantitative estimate of drug-likeness (QED) is 0.561. The van der Waals surface area contributed by atoms with E-state index in [1.165, 1.54) is 47.2 Å². The van der Waals surface area contributed by atoms with Crippen LogP contribution in [0.1, 0.15) is 36.5 Å². The molecule has 4 rings (SSSR count). The Hall–Kier alpha value is -2.65. The highest BCUT2D eigenvalue weighted by molar-refractivity contribution is 5.68. The molecule has 0 spiro atoms. The number of hydrogen-bond acceptors (Lipinski definition) is 3. The Morgan fingerprint density at radius 3 is 2.61 bits per heavy atom. The molecule has 28 heavy (non-hydrogen) atoms. The lowest BCUT2D eigenvalue weighted by Gasteiger charge is -2.20. The summed E-state index contributed by atoms with van der Waals surface area (Å²) >= 11 is 0. The van der Waals surface area contributed by atoms with E-state index in [0.717, 1.165) is 6.54 Å². The number of rotatable bonds is 6. The van der Waals surface area contributed by atoms with Crippen LogP contribution in [0.15, 0.2) is 66.9 Å². The Labute approximate surface area is 168 Å². The minimum absolute atomic E-state index is 0.530. The molecular weight excluding hydrogens is 344 g/mol. The molecule has 0 bridgehead atoms. The molecule has 3 heteroatoms. The Morgan fingerprint density at radius 2 is 1.89 bits per heavy atom. The lowest BCUT2D eigenvalue weighted by atomic mass is 9.97. The molecule has 1 fully saturated rings. The van der Waals surface area contributed by atoms with Crippen LogP contribution in [0.4, 0.5) is 0 Å². The maximum atomic E-state index is 5.99. The van der Waals surface area contributed by atoms with Gasteiger partial charge in [0.25, 0.3) is 0 Å². The van der Waals surface area contributed by atoms with E-state index in [9.17, 15) is 0 Å². The van der Waals surface area contributed by atoms with Gasteiger partial charge in [0.15, 0.2) is 0 Å². The van der Waals surface area contributed by atoms with Gasteiger partial charge in [-0.1, -0.05) is 54.6 Å². The molecule has 1 atom stereocenters. The molecule has 2 aromatic carbocycles. The van der Waals surface area contributed by atoms with Gasteiger partial charge in [-0.2, -0.15) is 0 Å². The standard InChI is InChI=1S/C25H28N2O/c1-19-8-7-15-27(19)17-21-13-14-25(26-16-21)28-18-23-11-6-12-24(20(23)2)22-9-4-3-5-10-22/h3-6,9-14,16,19H,7-8,15,17-18H2,1-2H3. The minimum Gasteiger partial charge on any atom is -0.473 e. The fourth-order valence-corrected chi connectivity index (χ4v) is 3.97. The predicted octanol–water partition coefficient (Wildman–Crippen LogP) is 5.62.